The lowest BCUT2D eigenvalue weighted by Gasteiger charge is -2.30. The van der Waals surface area contributed by atoms with Gasteiger partial charge in [0.15, 0.2) is 11.6 Å². The first-order valence-electron chi connectivity index (χ1n) is 9.02. The number of hydrogen-bond acceptors (Lipinski definition) is 6. The van der Waals surface area contributed by atoms with Crippen molar-refractivity contribution in [1.82, 2.24) is 15.0 Å². The third-order valence-corrected chi connectivity index (χ3v) is 5.17. The average Bonchev–Trinajstić information content (AvgIpc) is 3.35. The summed E-state index contributed by atoms with van der Waals surface area (Å²) < 4.78 is 16.0. The second-order valence-corrected chi connectivity index (χ2v) is 6.85. The molecule has 7 nitrogen and oxygen atoms in total. The lowest BCUT2D eigenvalue weighted by atomic mass is 9.93. The van der Waals surface area contributed by atoms with Crippen LogP contribution in [0.2, 0.25) is 0 Å². The van der Waals surface area contributed by atoms with Crippen molar-refractivity contribution in [2.45, 2.75) is 38.0 Å². The topological polar surface area (TPSA) is 81.6 Å². The maximum atomic E-state index is 12.3. The highest BCUT2D eigenvalue weighted by Gasteiger charge is 2.27. The van der Waals surface area contributed by atoms with E-state index in [9.17, 15) is 4.79 Å². The van der Waals surface area contributed by atoms with Crippen molar-refractivity contribution in [3.05, 3.63) is 35.9 Å². The predicted octanol–water partition coefficient (Wildman–Crippen LogP) is 2.65. The van der Waals surface area contributed by atoms with Gasteiger partial charge in [-0.2, -0.15) is 4.98 Å². The number of furan rings is 1. The van der Waals surface area contributed by atoms with E-state index >= 15 is 0 Å². The summed E-state index contributed by atoms with van der Waals surface area (Å²) in [4.78, 5) is 18.7. The summed E-state index contributed by atoms with van der Waals surface area (Å²) in [6.07, 6.45) is 6.14. The molecule has 2 aliphatic heterocycles. The van der Waals surface area contributed by atoms with Crippen LogP contribution >= 0.6 is 0 Å². The predicted molar refractivity (Wildman–Crippen MR) is 88.1 cm³/mol. The molecular formula is C18H23N3O4. The fraction of sp³-hybridized carbons (Fsp3) is 0.611. The molecule has 0 N–H and O–H groups in total. The summed E-state index contributed by atoms with van der Waals surface area (Å²) in [6.45, 7) is 3.03. The number of hydrogen-bond donors (Lipinski definition) is 0. The molecule has 4 rings (SSSR count). The van der Waals surface area contributed by atoms with Crippen molar-refractivity contribution in [2.75, 3.05) is 26.3 Å². The molecule has 25 heavy (non-hydrogen) atoms. The van der Waals surface area contributed by atoms with E-state index in [2.05, 4.69) is 10.1 Å². The lowest BCUT2D eigenvalue weighted by molar-refractivity contribution is 0.0655. The molecule has 134 valence electrons. The number of carbonyl (C=O) groups is 1. The number of ether oxygens (including phenoxy) is 1. The summed E-state index contributed by atoms with van der Waals surface area (Å²) in [5.41, 5.74) is 0. The first-order valence-corrected chi connectivity index (χ1v) is 9.02. The Labute approximate surface area is 146 Å². The molecule has 2 aromatic rings. The Hall–Kier alpha value is -2.15. The molecule has 0 unspecified atom stereocenters. The Morgan fingerprint density at radius 1 is 1.20 bits per heavy atom. The lowest BCUT2D eigenvalue weighted by Crippen LogP contribution is -2.38. The van der Waals surface area contributed by atoms with Gasteiger partial charge in [0.05, 0.1) is 6.26 Å². The van der Waals surface area contributed by atoms with E-state index in [-0.39, 0.29) is 5.91 Å². The van der Waals surface area contributed by atoms with Crippen molar-refractivity contribution in [1.29, 1.82) is 0 Å². The second kappa shape index (κ2) is 7.39. The van der Waals surface area contributed by atoms with Crippen LogP contribution in [0.1, 0.15) is 53.9 Å². The normalized spacial score (nSPS) is 20.1. The standard InChI is InChI=1S/C18H23N3O4/c22-18(15-2-1-9-24-15)21-7-3-13(4-8-21)12-16-19-17(20-25-16)14-5-10-23-11-6-14/h1-2,9,13-14H,3-8,10-12H2. The third kappa shape index (κ3) is 3.76. The number of likely N-dealkylation sites (tertiary alicyclic amines) is 1. The summed E-state index contributed by atoms with van der Waals surface area (Å²) in [7, 11) is 0. The fourth-order valence-electron chi connectivity index (χ4n) is 3.62. The average molecular weight is 345 g/mol. The van der Waals surface area contributed by atoms with E-state index in [0.29, 0.717) is 17.6 Å². The molecule has 0 saturated carbocycles. The van der Waals surface area contributed by atoms with Gasteiger partial charge in [-0.05, 0) is 43.7 Å². The SMILES string of the molecule is O=C(c1ccco1)N1CCC(Cc2nc(C3CCOCC3)no2)CC1. The maximum Gasteiger partial charge on any atom is 0.289 e. The zero-order chi connectivity index (χ0) is 17.1. The molecule has 2 fully saturated rings. The molecule has 2 aromatic heterocycles. The van der Waals surface area contributed by atoms with Crippen LogP contribution in [0.4, 0.5) is 0 Å². The first-order chi connectivity index (χ1) is 12.3. The molecule has 0 spiro atoms. The summed E-state index contributed by atoms with van der Waals surface area (Å²) in [5.74, 6) is 2.77. The molecule has 0 radical (unpaired) electrons. The van der Waals surface area contributed by atoms with Crippen LogP contribution < -0.4 is 0 Å². The van der Waals surface area contributed by atoms with Gasteiger partial charge in [0.1, 0.15) is 0 Å². The highest BCUT2D eigenvalue weighted by atomic mass is 16.5. The van der Waals surface area contributed by atoms with Gasteiger partial charge in [0.2, 0.25) is 5.89 Å². The molecule has 1 amide bonds. The van der Waals surface area contributed by atoms with E-state index in [1.54, 1.807) is 12.1 Å². The third-order valence-electron chi connectivity index (χ3n) is 5.17. The fourth-order valence-corrected chi connectivity index (χ4v) is 3.62. The Balaban J connectivity index is 1.28. The molecule has 0 bridgehead atoms. The van der Waals surface area contributed by atoms with Crippen molar-refractivity contribution in [3.8, 4) is 0 Å². The monoisotopic (exact) mass is 345 g/mol. The highest BCUT2D eigenvalue weighted by Crippen LogP contribution is 2.26. The smallest absolute Gasteiger partial charge is 0.289 e. The summed E-state index contributed by atoms with van der Waals surface area (Å²) >= 11 is 0. The van der Waals surface area contributed by atoms with Gasteiger partial charge in [-0.1, -0.05) is 5.16 Å². The molecule has 2 aliphatic rings. The van der Waals surface area contributed by atoms with Crippen molar-refractivity contribution < 1.29 is 18.5 Å². The van der Waals surface area contributed by atoms with Gasteiger partial charge in [-0.25, -0.2) is 0 Å². The van der Waals surface area contributed by atoms with Crippen LogP contribution in [0, 0.1) is 5.92 Å². The molecular weight excluding hydrogens is 322 g/mol. The minimum absolute atomic E-state index is 0.0250. The van der Waals surface area contributed by atoms with Gasteiger partial charge in [0, 0.05) is 38.6 Å². The van der Waals surface area contributed by atoms with Crippen LogP contribution in [-0.4, -0.2) is 47.3 Å². The number of carbonyl (C=O) groups excluding carboxylic acids is 1. The largest absolute Gasteiger partial charge is 0.459 e. The van der Waals surface area contributed by atoms with Crippen LogP contribution in [-0.2, 0) is 11.2 Å². The zero-order valence-corrected chi connectivity index (χ0v) is 14.2. The quantitative estimate of drug-likeness (QED) is 0.847. The van der Waals surface area contributed by atoms with Gasteiger partial charge in [-0.15, -0.1) is 0 Å². The zero-order valence-electron chi connectivity index (χ0n) is 14.2. The van der Waals surface area contributed by atoms with Crippen molar-refractivity contribution in [2.24, 2.45) is 5.92 Å². The summed E-state index contributed by atoms with van der Waals surface area (Å²) in [6, 6.07) is 3.45. The van der Waals surface area contributed by atoms with Crippen LogP contribution in [0.5, 0.6) is 0 Å². The number of piperidine rings is 1. The minimum Gasteiger partial charge on any atom is -0.459 e. The second-order valence-electron chi connectivity index (χ2n) is 6.85. The van der Waals surface area contributed by atoms with Gasteiger partial charge in [0.25, 0.3) is 5.91 Å². The van der Waals surface area contributed by atoms with Crippen LogP contribution in [0.3, 0.4) is 0 Å². The van der Waals surface area contributed by atoms with E-state index in [4.69, 9.17) is 13.7 Å². The Morgan fingerprint density at radius 2 is 2.00 bits per heavy atom. The van der Waals surface area contributed by atoms with E-state index < -0.39 is 0 Å². The van der Waals surface area contributed by atoms with Crippen molar-refractivity contribution in [3.63, 3.8) is 0 Å². The minimum atomic E-state index is -0.0250. The molecule has 0 aliphatic carbocycles. The van der Waals surface area contributed by atoms with E-state index in [1.165, 1.54) is 6.26 Å². The van der Waals surface area contributed by atoms with E-state index in [0.717, 1.165) is 70.1 Å². The van der Waals surface area contributed by atoms with Crippen LogP contribution in [0.15, 0.2) is 27.3 Å². The van der Waals surface area contributed by atoms with Gasteiger partial charge >= 0.3 is 0 Å². The number of nitrogens with zero attached hydrogens (tertiary/aromatic N) is 3. The van der Waals surface area contributed by atoms with Gasteiger partial charge < -0.3 is 18.6 Å². The van der Waals surface area contributed by atoms with Crippen molar-refractivity contribution >= 4 is 5.91 Å². The molecule has 7 heteroatoms. The molecule has 0 aromatic carbocycles. The highest BCUT2D eigenvalue weighted by molar-refractivity contribution is 5.91. The number of amides is 1. The van der Waals surface area contributed by atoms with E-state index in [1.807, 2.05) is 4.90 Å². The Bertz CT molecular complexity index is 683. The van der Waals surface area contributed by atoms with Crippen LogP contribution in [0.25, 0.3) is 0 Å². The van der Waals surface area contributed by atoms with Gasteiger partial charge in [-0.3, -0.25) is 4.79 Å². The Kier molecular flexibility index (Phi) is 4.83. The molecule has 4 heterocycles. The summed E-state index contributed by atoms with van der Waals surface area (Å²) in [5, 5.41) is 4.16. The first kappa shape index (κ1) is 16.3. The Morgan fingerprint density at radius 3 is 2.72 bits per heavy atom. The molecule has 0 atom stereocenters. The maximum absolute atomic E-state index is 12.3. The number of aromatic nitrogens is 2. The number of rotatable bonds is 4. The molecule has 2 saturated heterocycles.